The predicted molar refractivity (Wildman–Crippen MR) is 118 cm³/mol. The van der Waals surface area contributed by atoms with E-state index in [0.717, 1.165) is 10.9 Å². The van der Waals surface area contributed by atoms with Crippen LogP contribution in [0, 0.1) is 6.92 Å². The quantitative estimate of drug-likeness (QED) is 0.384. The average molecular weight is 420 g/mol. The van der Waals surface area contributed by atoms with Crippen LogP contribution in [0.5, 0.6) is 0 Å². The molecule has 0 aliphatic heterocycles. The van der Waals surface area contributed by atoms with E-state index in [-0.39, 0.29) is 11.5 Å². The molecule has 0 aliphatic rings. The lowest BCUT2D eigenvalue weighted by Crippen LogP contribution is -2.26. The Balaban J connectivity index is 1.45. The van der Waals surface area contributed by atoms with Gasteiger partial charge in [0.1, 0.15) is 5.82 Å². The maximum Gasteiger partial charge on any atom is 0.265 e. The van der Waals surface area contributed by atoms with Gasteiger partial charge in [0.05, 0.1) is 16.6 Å². The van der Waals surface area contributed by atoms with Crippen LogP contribution in [0.25, 0.3) is 16.6 Å². The van der Waals surface area contributed by atoms with Crippen LogP contribution >= 0.6 is 11.8 Å². The highest BCUT2D eigenvalue weighted by Gasteiger charge is 2.11. The van der Waals surface area contributed by atoms with E-state index in [1.165, 1.54) is 0 Å². The summed E-state index contributed by atoms with van der Waals surface area (Å²) >= 11 is 1.59. The number of rotatable bonds is 6. The minimum atomic E-state index is -0.150. The molecule has 1 amide bonds. The summed E-state index contributed by atoms with van der Waals surface area (Å²) in [6.07, 6.45) is 3.64. The van der Waals surface area contributed by atoms with Gasteiger partial charge < -0.3 is 9.88 Å². The summed E-state index contributed by atoms with van der Waals surface area (Å²) in [6, 6.07) is 14.3. The Bertz CT molecular complexity index is 1260. The second-order valence-corrected chi connectivity index (χ2v) is 7.85. The highest BCUT2D eigenvalue weighted by atomic mass is 32.2. The van der Waals surface area contributed by atoms with Crippen LogP contribution in [0.15, 0.2) is 70.9 Å². The number of nitrogens with one attached hydrogen (secondary N) is 1. The third-order valence-corrected chi connectivity index (χ3v) is 5.79. The van der Waals surface area contributed by atoms with Crippen molar-refractivity contribution >= 4 is 28.6 Å². The van der Waals surface area contributed by atoms with E-state index in [1.54, 1.807) is 59.8 Å². The van der Waals surface area contributed by atoms with Crippen molar-refractivity contribution in [3.05, 3.63) is 82.7 Å². The second-order valence-electron chi connectivity index (χ2n) is 6.79. The maximum atomic E-state index is 12.9. The Morgan fingerprint density at radius 3 is 2.63 bits per heavy atom. The molecule has 2 aromatic carbocycles. The molecule has 7 nitrogen and oxygen atoms in total. The number of carbonyl (C=O) groups is 1. The van der Waals surface area contributed by atoms with Gasteiger partial charge in [-0.25, -0.2) is 9.97 Å². The van der Waals surface area contributed by atoms with Gasteiger partial charge >= 0.3 is 0 Å². The summed E-state index contributed by atoms with van der Waals surface area (Å²) in [7, 11) is 1.94. The first-order valence-corrected chi connectivity index (χ1v) is 10.5. The van der Waals surface area contributed by atoms with E-state index in [9.17, 15) is 9.59 Å². The summed E-state index contributed by atoms with van der Waals surface area (Å²) in [5.74, 6) is 1.18. The van der Waals surface area contributed by atoms with Gasteiger partial charge in [-0.1, -0.05) is 23.9 Å². The highest BCUT2D eigenvalue weighted by molar-refractivity contribution is 7.99. The van der Waals surface area contributed by atoms with Crippen LogP contribution < -0.4 is 10.9 Å². The number of thioether (sulfide) groups is 1. The number of aromatic nitrogens is 4. The molecule has 0 radical (unpaired) electrons. The van der Waals surface area contributed by atoms with Crippen molar-refractivity contribution < 1.29 is 4.79 Å². The van der Waals surface area contributed by atoms with E-state index in [1.807, 2.05) is 36.0 Å². The molecule has 1 N–H and O–H groups in total. The molecule has 0 aliphatic carbocycles. The van der Waals surface area contributed by atoms with Crippen molar-refractivity contribution in [2.24, 2.45) is 7.05 Å². The molecule has 0 unspecified atom stereocenters. The average Bonchev–Trinajstić information content (AvgIpc) is 3.16. The zero-order valence-corrected chi connectivity index (χ0v) is 17.5. The Kier molecular flexibility index (Phi) is 5.67. The number of aryl methyl sites for hydroxylation is 2. The van der Waals surface area contributed by atoms with Gasteiger partial charge in [-0.2, -0.15) is 0 Å². The number of amides is 1. The first-order chi connectivity index (χ1) is 14.5. The van der Waals surface area contributed by atoms with E-state index in [4.69, 9.17) is 0 Å². The lowest BCUT2D eigenvalue weighted by molar-refractivity contribution is 0.0956. The summed E-state index contributed by atoms with van der Waals surface area (Å²) in [6.45, 7) is 2.33. The van der Waals surface area contributed by atoms with Crippen molar-refractivity contribution in [3.8, 4) is 5.69 Å². The fourth-order valence-electron chi connectivity index (χ4n) is 3.21. The van der Waals surface area contributed by atoms with Gasteiger partial charge in [-0.05, 0) is 43.3 Å². The molecule has 0 bridgehead atoms. The largest absolute Gasteiger partial charge is 0.351 e. The van der Waals surface area contributed by atoms with Crippen LogP contribution in [0.3, 0.4) is 0 Å². The third-order valence-electron chi connectivity index (χ3n) is 4.73. The molecule has 2 heterocycles. The number of para-hydroxylation sites is 1. The molecule has 0 fully saturated rings. The Labute approximate surface area is 177 Å². The fraction of sp³-hybridized carbons (Fsp3) is 0.182. The third kappa shape index (κ3) is 3.99. The van der Waals surface area contributed by atoms with E-state index in [2.05, 4.69) is 15.3 Å². The monoisotopic (exact) mass is 419 g/mol. The summed E-state index contributed by atoms with van der Waals surface area (Å²) in [5.41, 5.74) is 1.77. The van der Waals surface area contributed by atoms with Crippen LogP contribution in [0.1, 0.15) is 16.2 Å². The molecule has 0 atom stereocenters. The molecule has 8 heteroatoms. The highest BCUT2D eigenvalue weighted by Crippen LogP contribution is 2.15. The molecular weight excluding hydrogens is 398 g/mol. The van der Waals surface area contributed by atoms with Gasteiger partial charge in [-0.3, -0.25) is 14.2 Å². The minimum Gasteiger partial charge on any atom is -0.351 e. The zero-order chi connectivity index (χ0) is 21.1. The zero-order valence-electron chi connectivity index (χ0n) is 16.7. The standard InChI is InChI=1S/C22H21N5O2S/c1-15-25-19-6-4-3-5-18(19)21(29)27(15)17-9-7-16(8-10-17)20(28)23-12-14-30-22-24-11-13-26(22)2/h3-11,13H,12,14H2,1-2H3,(H,23,28). The van der Waals surface area contributed by atoms with E-state index >= 15 is 0 Å². The van der Waals surface area contributed by atoms with E-state index in [0.29, 0.717) is 34.5 Å². The molecule has 152 valence electrons. The SMILES string of the molecule is Cc1nc2ccccc2c(=O)n1-c1ccc(C(=O)NCCSc2nccn2C)cc1. The number of fused-ring (bicyclic) bond motifs is 1. The molecular formula is C22H21N5O2S. The van der Waals surface area contributed by atoms with E-state index < -0.39 is 0 Å². The first kappa shape index (κ1) is 19.9. The second kappa shape index (κ2) is 8.54. The van der Waals surface area contributed by atoms with Crippen LogP contribution in [-0.4, -0.2) is 37.3 Å². The van der Waals surface area contributed by atoms with Gasteiger partial charge in [-0.15, -0.1) is 0 Å². The summed E-state index contributed by atoms with van der Waals surface area (Å²) in [4.78, 5) is 34.1. The van der Waals surface area contributed by atoms with Crippen molar-refractivity contribution in [1.82, 2.24) is 24.4 Å². The molecule has 0 saturated carbocycles. The Morgan fingerprint density at radius 1 is 1.13 bits per heavy atom. The van der Waals surface area contributed by atoms with Crippen LogP contribution in [-0.2, 0) is 7.05 Å². The molecule has 0 saturated heterocycles. The number of benzene rings is 2. The molecule has 0 spiro atoms. The van der Waals surface area contributed by atoms with Gasteiger partial charge in [0.15, 0.2) is 5.16 Å². The lowest BCUT2D eigenvalue weighted by atomic mass is 10.2. The predicted octanol–water partition coefficient (Wildman–Crippen LogP) is 2.95. The van der Waals surface area contributed by atoms with Crippen molar-refractivity contribution in [2.75, 3.05) is 12.3 Å². The van der Waals surface area contributed by atoms with Gasteiger partial charge in [0, 0.05) is 37.3 Å². The minimum absolute atomic E-state index is 0.124. The molecule has 2 aromatic heterocycles. The summed E-state index contributed by atoms with van der Waals surface area (Å²) in [5, 5.41) is 4.39. The maximum absolute atomic E-state index is 12.9. The molecule has 4 rings (SSSR count). The number of imidazole rings is 1. The van der Waals surface area contributed by atoms with Gasteiger partial charge in [0.2, 0.25) is 0 Å². The van der Waals surface area contributed by atoms with Crippen molar-refractivity contribution in [1.29, 1.82) is 0 Å². The first-order valence-electron chi connectivity index (χ1n) is 9.52. The van der Waals surface area contributed by atoms with Gasteiger partial charge in [0.25, 0.3) is 11.5 Å². The number of hydrogen-bond donors (Lipinski definition) is 1. The van der Waals surface area contributed by atoms with Crippen molar-refractivity contribution in [3.63, 3.8) is 0 Å². The number of hydrogen-bond acceptors (Lipinski definition) is 5. The number of carbonyl (C=O) groups excluding carboxylic acids is 1. The fourth-order valence-corrected chi connectivity index (χ4v) is 4.00. The smallest absolute Gasteiger partial charge is 0.265 e. The lowest BCUT2D eigenvalue weighted by Gasteiger charge is -2.11. The normalized spacial score (nSPS) is 11.0. The Morgan fingerprint density at radius 2 is 1.90 bits per heavy atom. The van der Waals surface area contributed by atoms with Crippen molar-refractivity contribution in [2.45, 2.75) is 12.1 Å². The summed E-state index contributed by atoms with van der Waals surface area (Å²) < 4.78 is 3.50. The molecule has 4 aromatic rings. The molecule has 30 heavy (non-hydrogen) atoms. The van der Waals surface area contributed by atoms with Crippen LogP contribution in [0.2, 0.25) is 0 Å². The Hall–Kier alpha value is -3.39. The number of nitrogens with zero attached hydrogens (tertiary/aromatic N) is 4. The topological polar surface area (TPSA) is 81.8 Å². The van der Waals surface area contributed by atoms with Crippen LogP contribution in [0.4, 0.5) is 0 Å².